The summed E-state index contributed by atoms with van der Waals surface area (Å²) in [5, 5.41) is 0. The Morgan fingerprint density at radius 1 is 1.12 bits per heavy atom. The van der Waals surface area contributed by atoms with Crippen LogP contribution in [0.25, 0.3) is 0 Å². The fraction of sp³-hybridized carbons (Fsp3) is 0.667. The molecule has 0 amide bonds. The first-order chi connectivity index (χ1) is 7.73. The van der Waals surface area contributed by atoms with Gasteiger partial charge in [-0.3, -0.25) is 0 Å². The molecular formula is C12H20BNO3. The molecule has 1 saturated heterocycles. The molecule has 1 unspecified atom stereocenters. The largest absolute Gasteiger partial charge is 0.532 e. The minimum absolute atomic E-state index is 0.119. The van der Waals surface area contributed by atoms with Crippen molar-refractivity contribution < 1.29 is 13.7 Å². The second-order valence-electron chi connectivity index (χ2n) is 5.62. The summed E-state index contributed by atoms with van der Waals surface area (Å²) in [5.41, 5.74) is 5.74. The van der Waals surface area contributed by atoms with Gasteiger partial charge in [-0.2, -0.15) is 0 Å². The topological polar surface area (TPSA) is 57.6 Å². The molecule has 0 radical (unpaired) electrons. The normalized spacial score (nSPS) is 24.0. The van der Waals surface area contributed by atoms with E-state index in [-0.39, 0.29) is 17.2 Å². The van der Waals surface area contributed by atoms with E-state index in [0.717, 1.165) is 5.76 Å². The highest BCUT2D eigenvalue weighted by molar-refractivity contribution is 6.60. The van der Waals surface area contributed by atoms with Crippen LogP contribution in [-0.4, -0.2) is 18.3 Å². The molecule has 0 spiro atoms. The van der Waals surface area contributed by atoms with Crippen LogP contribution in [0.1, 0.15) is 46.4 Å². The Labute approximate surface area is 103 Å². The molecule has 17 heavy (non-hydrogen) atoms. The number of hydrogen-bond acceptors (Lipinski definition) is 4. The highest BCUT2D eigenvalue weighted by Gasteiger charge is 2.53. The van der Waals surface area contributed by atoms with E-state index < -0.39 is 7.12 Å². The molecule has 0 saturated carbocycles. The van der Waals surface area contributed by atoms with Crippen LogP contribution in [-0.2, 0) is 9.31 Å². The minimum atomic E-state index is -0.451. The lowest BCUT2D eigenvalue weighted by atomic mass is 9.86. The van der Waals surface area contributed by atoms with Crippen LogP contribution in [0.3, 0.4) is 0 Å². The van der Waals surface area contributed by atoms with Gasteiger partial charge in [0.15, 0.2) is 0 Å². The summed E-state index contributed by atoms with van der Waals surface area (Å²) in [6.07, 6.45) is 0. The lowest BCUT2D eigenvalue weighted by molar-refractivity contribution is 0.00578. The van der Waals surface area contributed by atoms with E-state index in [1.54, 1.807) is 0 Å². The van der Waals surface area contributed by atoms with Gasteiger partial charge in [-0.25, -0.2) is 0 Å². The van der Waals surface area contributed by atoms with E-state index in [2.05, 4.69) is 0 Å². The predicted octanol–water partition coefficient (Wildman–Crippen LogP) is 1.60. The average Bonchev–Trinajstić information content (AvgIpc) is 2.70. The van der Waals surface area contributed by atoms with Gasteiger partial charge >= 0.3 is 7.12 Å². The maximum atomic E-state index is 5.89. The van der Waals surface area contributed by atoms with Crippen molar-refractivity contribution >= 4 is 12.8 Å². The summed E-state index contributed by atoms with van der Waals surface area (Å²) >= 11 is 0. The smallest absolute Gasteiger partial charge is 0.468 e. The van der Waals surface area contributed by atoms with Gasteiger partial charge in [0.25, 0.3) is 0 Å². The molecule has 2 heterocycles. The van der Waals surface area contributed by atoms with Crippen molar-refractivity contribution in [2.75, 3.05) is 0 Å². The molecule has 4 nitrogen and oxygen atoms in total. The summed E-state index contributed by atoms with van der Waals surface area (Å²) < 4.78 is 17.4. The Morgan fingerprint density at radius 2 is 1.65 bits per heavy atom. The summed E-state index contributed by atoms with van der Waals surface area (Å²) in [6.45, 7) is 9.95. The van der Waals surface area contributed by atoms with Crippen LogP contribution < -0.4 is 11.4 Å². The van der Waals surface area contributed by atoms with Crippen LogP contribution in [0.2, 0.25) is 0 Å². The van der Waals surface area contributed by atoms with Crippen molar-refractivity contribution in [2.45, 2.75) is 51.9 Å². The molecule has 1 aromatic heterocycles. The summed E-state index contributed by atoms with van der Waals surface area (Å²) in [6, 6.07) is 3.61. The molecule has 94 valence electrons. The lowest BCUT2D eigenvalue weighted by Gasteiger charge is -2.32. The zero-order chi connectivity index (χ0) is 12.8. The standard InChI is InChI=1S/C12H20BNO3/c1-8(14)9-6-7-10(15-9)13-16-11(2,3)12(4,5)17-13/h6-8H,14H2,1-5H3. The fourth-order valence-electron chi connectivity index (χ4n) is 1.70. The Bertz CT molecular complexity index is 396. The van der Waals surface area contributed by atoms with Crippen molar-refractivity contribution in [2.24, 2.45) is 5.73 Å². The van der Waals surface area contributed by atoms with Crippen molar-refractivity contribution in [3.63, 3.8) is 0 Å². The summed E-state index contributed by atoms with van der Waals surface area (Å²) in [7, 11) is -0.451. The number of hydrogen-bond donors (Lipinski definition) is 1. The molecule has 5 heteroatoms. The van der Waals surface area contributed by atoms with Gasteiger partial charge in [0, 0.05) is 0 Å². The van der Waals surface area contributed by atoms with E-state index in [1.165, 1.54) is 0 Å². The molecule has 1 aliphatic heterocycles. The van der Waals surface area contributed by atoms with Crippen LogP contribution in [0.15, 0.2) is 16.5 Å². The van der Waals surface area contributed by atoms with E-state index >= 15 is 0 Å². The molecule has 1 aliphatic rings. The molecule has 1 atom stereocenters. The second kappa shape index (κ2) is 3.87. The molecule has 1 fully saturated rings. The van der Waals surface area contributed by atoms with Gasteiger partial charge in [-0.1, -0.05) is 0 Å². The SMILES string of the molecule is CC(N)c1ccc(B2OC(C)(C)C(C)(C)O2)o1. The third-order valence-electron chi connectivity index (χ3n) is 3.58. The van der Waals surface area contributed by atoms with Crippen LogP contribution in [0.5, 0.6) is 0 Å². The Hall–Kier alpha value is -0.775. The lowest BCUT2D eigenvalue weighted by Crippen LogP contribution is -2.41. The zero-order valence-electron chi connectivity index (χ0n) is 11.1. The van der Waals surface area contributed by atoms with Gasteiger partial charge in [-0.05, 0) is 46.8 Å². The molecule has 1 aromatic rings. The van der Waals surface area contributed by atoms with Gasteiger partial charge in [0.05, 0.1) is 17.2 Å². The van der Waals surface area contributed by atoms with Gasteiger partial charge < -0.3 is 19.5 Å². The highest BCUT2D eigenvalue weighted by atomic mass is 16.7. The average molecular weight is 237 g/mol. The van der Waals surface area contributed by atoms with Crippen LogP contribution >= 0.6 is 0 Å². The molecule has 0 aromatic carbocycles. The van der Waals surface area contributed by atoms with Crippen molar-refractivity contribution in [1.29, 1.82) is 0 Å². The number of furan rings is 1. The van der Waals surface area contributed by atoms with Crippen LogP contribution in [0, 0.1) is 0 Å². The van der Waals surface area contributed by atoms with E-state index in [0.29, 0.717) is 5.66 Å². The minimum Gasteiger partial charge on any atom is -0.468 e. The highest BCUT2D eigenvalue weighted by Crippen LogP contribution is 2.36. The van der Waals surface area contributed by atoms with Gasteiger partial charge in [-0.15, -0.1) is 0 Å². The van der Waals surface area contributed by atoms with Crippen molar-refractivity contribution in [1.82, 2.24) is 0 Å². The first-order valence-corrected chi connectivity index (χ1v) is 5.94. The predicted molar refractivity (Wildman–Crippen MR) is 67.0 cm³/mol. The first kappa shape index (κ1) is 12.7. The van der Waals surface area contributed by atoms with Gasteiger partial charge in [0.2, 0.25) is 0 Å². The fourth-order valence-corrected chi connectivity index (χ4v) is 1.70. The number of rotatable bonds is 2. The quantitative estimate of drug-likeness (QED) is 0.793. The van der Waals surface area contributed by atoms with Gasteiger partial charge in [0.1, 0.15) is 11.4 Å². The third kappa shape index (κ3) is 2.15. The Balaban J connectivity index is 2.20. The van der Waals surface area contributed by atoms with Crippen molar-refractivity contribution in [3.8, 4) is 0 Å². The van der Waals surface area contributed by atoms with E-state index in [4.69, 9.17) is 19.5 Å². The Kier molecular flexibility index (Phi) is 2.88. The van der Waals surface area contributed by atoms with Crippen molar-refractivity contribution in [3.05, 3.63) is 17.9 Å². The van der Waals surface area contributed by atoms with E-state index in [9.17, 15) is 0 Å². The monoisotopic (exact) mass is 237 g/mol. The molecule has 0 bridgehead atoms. The zero-order valence-corrected chi connectivity index (χ0v) is 11.1. The molecule has 2 N–H and O–H groups in total. The number of nitrogens with two attached hydrogens (primary N) is 1. The molecular weight excluding hydrogens is 217 g/mol. The summed E-state index contributed by atoms with van der Waals surface area (Å²) in [5.74, 6) is 0.745. The second-order valence-corrected chi connectivity index (χ2v) is 5.62. The first-order valence-electron chi connectivity index (χ1n) is 5.94. The maximum Gasteiger partial charge on any atom is 0.532 e. The molecule has 0 aliphatic carbocycles. The third-order valence-corrected chi connectivity index (χ3v) is 3.58. The molecule has 2 rings (SSSR count). The van der Waals surface area contributed by atoms with E-state index in [1.807, 2.05) is 46.8 Å². The maximum absolute atomic E-state index is 5.89. The Morgan fingerprint density at radius 3 is 2.06 bits per heavy atom. The summed E-state index contributed by atoms with van der Waals surface area (Å²) in [4.78, 5) is 0. The van der Waals surface area contributed by atoms with Crippen LogP contribution in [0.4, 0.5) is 0 Å².